The van der Waals surface area contributed by atoms with E-state index in [0.717, 1.165) is 21.0 Å². The second-order valence-corrected chi connectivity index (χ2v) is 4.82. The molecule has 5 heteroatoms. The molecule has 0 aliphatic heterocycles. The van der Waals surface area contributed by atoms with Crippen LogP contribution in [0.2, 0.25) is 0 Å². The maximum absolute atomic E-state index is 10.6. The number of benzene rings is 2. The molecule has 0 aliphatic carbocycles. The number of halogens is 1. The Morgan fingerprint density at radius 1 is 1.11 bits per heavy atom. The van der Waals surface area contributed by atoms with E-state index < -0.39 is 4.92 Å². The SMILES string of the molecule is O=Cc1ccc(-c2ccc([N+](=O)[O-])cc2I)cc1. The van der Waals surface area contributed by atoms with Gasteiger partial charge < -0.3 is 0 Å². The van der Waals surface area contributed by atoms with Crippen LogP contribution in [-0.2, 0) is 0 Å². The van der Waals surface area contributed by atoms with Crippen LogP contribution < -0.4 is 0 Å². The summed E-state index contributed by atoms with van der Waals surface area (Å²) in [5.74, 6) is 0. The fourth-order valence-electron chi connectivity index (χ4n) is 1.59. The van der Waals surface area contributed by atoms with Gasteiger partial charge in [-0.15, -0.1) is 0 Å². The Bertz CT molecular complexity index is 608. The summed E-state index contributed by atoms with van der Waals surface area (Å²) in [4.78, 5) is 20.8. The molecule has 18 heavy (non-hydrogen) atoms. The zero-order chi connectivity index (χ0) is 13.1. The van der Waals surface area contributed by atoms with E-state index in [1.807, 2.05) is 12.1 Å². The van der Waals surface area contributed by atoms with Crippen molar-refractivity contribution in [2.24, 2.45) is 0 Å². The van der Waals surface area contributed by atoms with Gasteiger partial charge in [-0.25, -0.2) is 0 Å². The molecule has 90 valence electrons. The van der Waals surface area contributed by atoms with Gasteiger partial charge in [-0.2, -0.15) is 0 Å². The predicted octanol–water partition coefficient (Wildman–Crippen LogP) is 3.68. The zero-order valence-electron chi connectivity index (χ0n) is 9.17. The van der Waals surface area contributed by atoms with Crippen molar-refractivity contribution in [3.63, 3.8) is 0 Å². The molecular formula is C13H8INO3. The molecule has 0 spiro atoms. The van der Waals surface area contributed by atoms with Crippen molar-refractivity contribution in [1.29, 1.82) is 0 Å². The van der Waals surface area contributed by atoms with Crippen LogP contribution in [0.3, 0.4) is 0 Å². The third-order valence-electron chi connectivity index (χ3n) is 2.52. The van der Waals surface area contributed by atoms with Crippen LogP contribution in [0.1, 0.15) is 10.4 Å². The summed E-state index contributed by atoms with van der Waals surface area (Å²) in [7, 11) is 0. The van der Waals surface area contributed by atoms with Gasteiger partial charge in [0.05, 0.1) is 4.92 Å². The number of carbonyl (C=O) groups is 1. The highest BCUT2D eigenvalue weighted by molar-refractivity contribution is 14.1. The highest BCUT2D eigenvalue weighted by Gasteiger charge is 2.10. The average Bonchev–Trinajstić information content (AvgIpc) is 2.38. The minimum absolute atomic E-state index is 0.0765. The van der Waals surface area contributed by atoms with Crippen molar-refractivity contribution in [3.8, 4) is 11.1 Å². The Balaban J connectivity index is 2.44. The third kappa shape index (κ3) is 2.56. The first-order valence-electron chi connectivity index (χ1n) is 5.11. The van der Waals surface area contributed by atoms with E-state index >= 15 is 0 Å². The van der Waals surface area contributed by atoms with E-state index in [1.165, 1.54) is 12.1 Å². The summed E-state index contributed by atoms with van der Waals surface area (Å²) < 4.78 is 0.806. The number of nitro benzene ring substituents is 1. The van der Waals surface area contributed by atoms with Gasteiger partial charge >= 0.3 is 0 Å². The quantitative estimate of drug-likeness (QED) is 0.366. The predicted molar refractivity (Wildman–Crippen MR) is 76.6 cm³/mol. The highest BCUT2D eigenvalue weighted by atomic mass is 127. The highest BCUT2D eigenvalue weighted by Crippen LogP contribution is 2.28. The van der Waals surface area contributed by atoms with Crippen LogP contribution >= 0.6 is 22.6 Å². The van der Waals surface area contributed by atoms with Crippen molar-refractivity contribution in [3.05, 3.63) is 61.7 Å². The molecule has 0 saturated heterocycles. The molecule has 0 amide bonds. The summed E-state index contributed by atoms with van der Waals surface area (Å²) >= 11 is 2.07. The monoisotopic (exact) mass is 353 g/mol. The summed E-state index contributed by atoms with van der Waals surface area (Å²) in [5.41, 5.74) is 2.53. The Kier molecular flexibility index (Phi) is 3.71. The Labute approximate surface area is 117 Å². The lowest BCUT2D eigenvalue weighted by molar-refractivity contribution is -0.384. The number of aldehydes is 1. The van der Waals surface area contributed by atoms with Crippen LogP contribution in [0.15, 0.2) is 42.5 Å². The van der Waals surface area contributed by atoms with Crippen molar-refractivity contribution < 1.29 is 9.72 Å². The van der Waals surface area contributed by atoms with Crippen LogP contribution in [0.5, 0.6) is 0 Å². The van der Waals surface area contributed by atoms with Crippen molar-refractivity contribution in [1.82, 2.24) is 0 Å². The van der Waals surface area contributed by atoms with Gasteiger partial charge in [-0.05, 0) is 39.8 Å². The Morgan fingerprint density at radius 3 is 2.28 bits per heavy atom. The minimum atomic E-state index is -0.415. The Hall–Kier alpha value is -1.76. The van der Waals surface area contributed by atoms with E-state index in [-0.39, 0.29) is 5.69 Å². The molecule has 0 N–H and O–H groups in total. The molecule has 2 rings (SSSR count). The van der Waals surface area contributed by atoms with Crippen LogP contribution in [0.25, 0.3) is 11.1 Å². The molecule has 0 heterocycles. The second-order valence-electron chi connectivity index (χ2n) is 3.66. The maximum Gasteiger partial charge on any atom is 0.270 e. The number of hydrogen-bond acceptors (Lipinski definition) is 3. The van der Waals surface area contributed by atoms with E-state index in [1.54, 1.807) is 18.2 Å². The summed E-state index contributed by atoms with van der Waals surface area (Å²) in [6.45, 7) is 0. The molecule has 2 aromatic rings. The number of hydrogen-bond donors (Lipinski definition) is 0. The Morgan fingerprint density at radius 2 is 1.78 bits per heavy atom. The molecule has 0 bridgehead atoms. The van der Waals surface area contributed by atoms with E-state index in [9.17, 15) is 14.9 Å². The standard InChI is InChI=1S/C13H8INO3/c14-13-7-11(15(17)18)5-6-12(13)10-3-1-9(8-16)2-4-10/h1-8H. The molecule has 0 aliphatic rings. The summed E-state index contributed by atoms with van der Waals surface area (Å²) in [6, 6.07) is 11.8. The number of rotatable bonds is 3. The number of nitrogens with zero attached hydrogens (tertiary/aromatic N) is 1. The molecule has 4 nitrogen and oxygen atoms in total. The lowest BCUT2D eigenvalue weighted by Gasteiger charge is -2.04. The number of carbonyl (C=O) groups excluding carboxylic acids is 1. The van der Waals surface area contributed by atoms with Gasteiger partial charge in [-0.3, -0.25) is 14.9 Å². The zero-order valence-corrected chi connectivity index (χ0v) is 11.3. The first-order chi connectivity index (χ1) is 8.61. The largest absolute Gasteiger partial charge is 0.298 e. The van der Waals surface area contributed by atoms with Gasteiger partial charge in [-0.1, -0.05) is 24.3 Å². The smallest absolute Gasteiger partial charge is 0.270 e. The summed E-state index contributed by atoms with van der Waals surface area (Å²) in [6.07, 6.45) is 0.782. The van der Waals surface area contributed by atoms with Crippen molar-refractivity contribution in [2.75, 3.05) is 0 Å². The average molecular weight is 353 g/mol. The fraction of sp³-hybridized carbons (Fsp3) is 0. The van der Waals surface area contributed by atoms with E-state index in [2.05, 4.69) is 22.6 Å². The first kappa shape index (κ1) is 12.7. The minimum Gasteiger partial charge on any atom is -0.298 e. The maximum atomic E-state index is 10.6. The van der Waals surface area contributed by atoms with Gasteiger partial charge in [0.2, 0.25) is 0 Å². The topological polar surface area (TPSA) is 60.2 Å². The lowest BCUT2D eigenvalue weighted by atomic mass is 10.0. The van der Waals surface area contributed by atoms with Crippen molar-refractivity contribution >= 4 is 34.6 Å². The molecule has 0 saturated carbocycles. The molecule has 0 aromatic heterocycles. The molecule has 0 fully saturated rings. The van der Waals surface area contributed by atoms with Crippen molar-refractivity contribution in [2.45, 2.75) is 0 Å². The van der Waals surface area contributed by atoms with Gasteiger partial charge in [0.15, 0.2) is 0 Å². The fourth-order valence-corrected chi connectivity index (χ4v) is 2.40. The number of non-ortho nitro benzene ring substituents is 1. The second kappa shape index (κ2) is 5.26. The molecule has 0 unspecified atom stereocenters. The van der Waals surface area contributed by atoms with E-state index in [4.69, 9.17) is 0 Å². The van der Waals surface area contributed by atoms with E-state index in [0.29, 0.717) is 5.56 Å². The lowest BCUT2D eigenvalue weighted by Crippen LogP contribution is -1.90. The van der Waals surface area contributed by atoms with Gasteiger partial charge in [0.25, 0.3) is 5.69 Å². The molecule has 2 aromatic carbocycles. The normalized spacial score (nSPS) is 10.1. The van der Waals surface area contributed by atoms with Crippen LogP contribution in [0, 0.1) is 13.7 Å². The van der Waals surface area contributed by atoms with Crippen LogP contribution in [0.4, 0.5) is 5.69 Å². The van der Waals surface area contributed by atoms with Gasteiger partial charge in [0.1, 0.15) is 6.29 Å². The first-order valence-corrected chi connectivity index (χ1v) is 6.19. The van der Waals surface area contributed by atoms with Gasteiger partial charge in [0, 0.05) is 21.3 Å². The molecule has 0 atom stereocenters. The number of nitro groups is 1. The summed E-state index contributed by atoms with van der Waals surface area (Å²) in [5, 5.41) is 10.6. The third-order valence-corrected chi connectivity index (χ3v) is 3.41. The molecular weight excluding hydrogens is 345 g/mol. The molecule has 0 radical (unpaired) electrons. The van der Waals surface area contributed by atoms with Crippen LogP contribution in [-0.4, -0.2) is 11.2 Å².